The molecule has 3 nitrogen and oxygen atoms in total. The van der Waals surface area contributed by atoms with Gasteiger partial charge in [0.05, 0.1) is 5.92 Å². The fourth-order valence-corrected chi connectivity index (χ4v) is 2.48. The van der Waals surface area contributed by atoms with Crippen LogP contribution in [0.5, 0.6) is 0 Å². The Morgan fingerprint density at radius 3 is 2.46 bits per heavy atom. The van der Waals surface area contributed by atoms with Crippen molar-refractivity contribution in [2.24, 2.45) is 17.8 Å². The molecule has 0 aromatic rings. The van der Waals surface area contributed by atoms with Gasteiger partial charge in [0.2, 0.25) is 0 Å². The van der Waals surface area contributed by atoms with Gasteiger partial charge in [-0.25, -0.2) is 0 Å². The van der Waals surface area contributed by atoms with Crippen molar-refractivity contribution in [2.45, 2.75) is 19.3 Å². The van der Waals surface area contributed by atoms with E-state index in [4.69, 9.17) is 5.11 Å². The quantitative estimate of drug-likeness (QED) is 0.695. The lowest BCUT2D eigenvalue weighted by molar-refractivity contribution is -0.139. The average Bonchev–Trinajstić information content (AvgIpc) is 2.85. The van der Waals surface area contributed by atoms with Crippen molar-refractivity contribution in [1.82, 2.24) is 4.90 Å². The Kier molecular flexibility index (Phi) is 2.28. The van der Waals surface area contributed by atoms with Crippen LogP contribution < -0.4 is 0 Å². The van der Waals surface area contributed by atoms with Gasteiger partial charge in [0.25, 0.3) is 0 Å². The van der Waals surface area contributed by atoms with Crippen LogP contribution >= 0.6 is 0 Å². The molecule has 3 heteroatoms. The standard InChI is InChI=1S/C10H17NO2/c1-11-4-2-7(3-5-11)8-6-9(8)10(12)13/h7-9H,2-6H2,1H3,(H,12,13). The maximum absolute atomic E-state index is 10.7. The molecule has 2 aliphatic rings. The zero-order valence-corrected chi connectivity index (χ0v) is 8.07. The van der Waals surface area contributed by atoms with Gasteiger partial charge in [0, 0.05) is 0 Å². The Morgan fingerprint density at radius 2 is 2.00 bits per heavy atom. The number of aliphatic carboxylic acids is 1. The second kappa shape index (κ2) is 3.29. The van der Waals surface area contributed by atoms with Gasteiger partial charge in [-0.05, 0) is 51.2 Å². The molecule has 1 aliphatic heterocycles. The largest absolute Gasteiger partial charge is 0.481 e. The van der Waals surface area contributed by atoms with Crippen LogP contribution in [0.4, 0.5) is 0 Å². The maximum atomic E-state index is 10.7. The van der Waals surface area contributed by atoms with E-state index < -0.39 is 5.97 Å². The van der Waals surface area contributed by atoms with E-state index in [-0.39, 0.29) is 5.92 Å². The van der Waals surface area contributed by atoms with Crippen molar-refractivity contribution < 1.29 is 9.90 Å². The predicted octanol–water partition coefficient (Wildman–Crippen LogP) is 1.05. The Morgan fingerprint density at radius 1 is 1.38 bits per heavy atom. The smallest absolute Gasteiger partial charge is 0.306 e. The highest BCUT2D eigenvalue weighted by molar-refractivity contribution is 5.73. The average molecular weight is 183 g/mol. The third-order valence-corrected chi connectivity index (χ3v) is 3.53. The van der Waals surface area contributed by atoms with Gasteiger partial charge >= 0.3 is 5.97 Å². The first-order valence-electron chi connectivity index (χ1n) is 5.10. The highest BCUT2D eigenvalue weighted by Gasteiger charge is 2.47. The molecule has 13 heavy (non-hydrogen) atoms. The van der Waals surface area contributed by atoms with Crippen molar-refractivity contribution in [1.29, 1.82) is 0 Å². The Bertz CT molecular complexity index is 209. The van der Waals surface area contributed by atoms with Gasteiger partial charge in [-0.15, -0.1) is 0 Å². The second-order valence-electron chi connectivity index (χ2n) is 4.48. The van der Waals surface area contributed by atoms with Crippen molar-refractivity contribution >= 4 is 5.97 Å². The van der Waals surface area contributed by atoms with Crippen LogP contribution in [0.3, 0.4) is 0 Å². The Labute approximate surface area is 78.7 Å². The topological polar surface area (TPSA) is 40.5 Å². The summed E-state index contributed by atoms with van der Waals surface area (Å²) in [4.78, 5) is 13.0. The molecular weight excluding hydrogens is 166 g/mol. The summed E-state index contributed by atoms with van der Waals surface area (Å²) in [6.45, 7) is 2.29. The van der Waals surface area contributed by atoms with Crippen LogP contribution in [0.2, 0.25) is 0 Å². The number of likely N-dealkylation sites (tertiary alicyclic amines) is 1. The summed E-state index contributed by atoms with van der Waals surface area (Å²) in [6, 6.07) is 0. The monoisotopic (exact) mass is 183 g/mol. The molecule has 1 saturated heterocycles. The van der Waals surface area contributed by atoms with Crippen LogP contribution in [0.15, 0.2) is 0 Å². The van der Waals surface area contributed by atoms with E-state index in [1.54, 1.807) is 0 Å². The van der Waals surface area contributed by atoms with Crippen molar-refractivity contribution in [2.75, 3.05) is 20.1 Å². The number of carbonyl (C=O) groups is 1. The molecule has 0 amide bonds. The highest BCUT2D eigenvalue weighted by Crippen LogP contribution is 2.47. The molecule has 2 unspecified atom stereocenters. The predicted molar refractivity (Wildman–Crippen MR) is 49.5 cm³/mol. The minimum absolute atomic E-state index is 0.00611. The molecule has 2 atom stereocenters. The maximum Gasteiger partial charge on any atom is 0.306 e. The number of hydrogen-bond acceptors (Lipinski definition) is 2. The minimum Gasteiger partial charge on any atom is -0.481 e. The molecule has 0 aromatic heterocycles. The molecule has 0 spiro atoms. The summed E-state index contributed by atoms with van der Waals surface area (Å²) < 4.78 is 0. The lowest BCUT2D eigenvalue weighted by atomic mass is 9.91. The van der Waals surface area contributed by atoms with Crippen LogP contribution in [-0.4, -0.2) is 36.1 Å². The molecule has 2 rings (SSSR count). The van der Waals surface area contributed by atoms with E-state index in [0.29, 0.717) is 11.8 Å². The summed E-state index contributed by atoms with van der Waals surface area (Å²) in [5.74, 6) is 0.612. The first-order valence-corrected chi connectivity index (χ1v) is 5.10. The zero-order chi connectivity index (χ0) is 9.42. The number of carboxylic acid groups (broad SMARTS) is 1. The minimum atomic E-state index is -0.580. The summed E-state index contributed by atoms with van der Waals surface area (Å²) in [7, 11) is 2.14. The molecule has 0 bridgehead atoms. The van der Waals surface area contributed by atoms with Crippen molar-refractivity contribution in [3.05, 3.63) is 0 Å². The van der Waals surface area contributed by atoms with Gasteiger partial charge in [-0.3, -0.25) is 4.79 Å². The molecule has 1 heterocycles. The summed E-state index contributed by atoms with van der Waals surface area (Å²) >= 11 is 0. The summed E-state index contributed by atoms with van der Waals surface area (Å²) in [6.07, 6.45) is 3.33. The van der Waals surface area contributed by atoms with Gasteiger partial charge in [0.15, 0.2) is 0 Å². The SMILES string of the molecule is CN1CCC(C2CC2C(=O)O)CC1. The van der Waals surface area contributed by atoms with Crippen LogP contribution in [0, 0.1) is 17.8 Å². The molecule has 1 saturated carbocycles. The molecule has 0 radical (unpaired) electrons. The molecule has 2 fully saturated rings. The van der Waals surface area contributed by atoms with E-state index in [1.807, 2.05) is 0 Å². The lowest BCUT2D eigenvalue weighted by Crippen LogP contribution is -2.31. The van der Waals surface area contributed by atoms with E-state index in [9.17, 15) is 4.79 Å². The highest BCUT2D eigenvalue weighted by atomic mass is 16.4. The first-order chi connectivity index (χ1) is 6.18. The molecular formula is C10H17NO2. The second-order valence-corrected chi connectivity index (χ2v) is 4.48. The fraction of sp³-hybridized carbons (Fsp3) is 0.900. The Balaban J connectivity index is 1.81. The van der Waals surface area contributed by atoms with E-state index in [0.717, 1.165) is 19.5 Å². The molecule has 74 valence electrons. The normalized spacial score (nSPS) is 36.1. The molecule has 0 aromatic carbocycles. The Hall–Kier alpha value is -0.570. The third kappa shape index (κ3) is 1.85. The van der Waals surface area contributed by atoms with Crippen LogP contribution in [0.1, 0.15) is 19.3 Å². The summed E-state index contributed by atoms with van der Waals surface area (Å²) in [5.41, 5.74) is 0. The van der Waals surface area contributed by atoms with Gasteiger partial charge in [-0.1, -0.05) is 0 Å². The van der Waals surface area contributed by atoms with Gasteiger partial charge in [-0.2, -0.15) is 0 Å². The van der Waals surface area contributed by atoms with E-state index in [1.165, 1.54) is 12.8 Å². The summed E-state index contributed by atoms with van der Waals surface area (Å²) in [5, 5.41) is 8.80. The molecule has 1 aliphatic carbocycles. The first kappa shape index (κ1) is 9.00. The zero-order valence-electron chi connectivity index (χ0n) is 8.07. The van der Waals surface area contributed by atoms with Gasteiger partial charge in [0.1, 0.15) is 0 Å². The number of piperidine rings is 1. The number of nitrogens with zero attached hydrogens (tertiary/aromatic N) is 1. The number of hydrogen-bond donors (Lipinski definition) is 1. The van der Waals surface area contributed by atoms with Crippen molar-refractivity contribution in [3.8, 4) is 0 Å². The molecule has 1 N–H and O–H groups in total. The lowest BCUT2D eigenvalue weighted by Gasteiger charge is -2.28. The third-order valence-electron chi connectivity index (χ3n) is 3.53. The van der Waals surface area contributed by atoms with Crippen molar-refractivity contribution in [3.63, 3.8) is 0 Å². The number of carboxylic acids is 1. The van der Waals surface area contributed by atoms with Crippen LogP contribution in [0.25, 0.3) is 0 Å². The van der Waals surface area contributed by atoms with Gasteiger partial charge < -0.3 is 10.0 Å². The fourth-order valence-electron chi connectivity index (χ4n) is 2.48. The van der Waals surface area contributed by atoms with Crippen LogP contribution in [-0.2, 0) is 4.79 Å². The number of rotatable bonds is 2. The van der Waals surface area contributed by atoms with E-state index >= 15 is 0 Å². The van der Waals surface area contributed by atoms with E-state index in [2.05, 4.69) is 11.9 Å².